The van der Waals surface area contributed by atoms with Gasteiger partial charge in [0.25, 0.3) is 0 Å². The second kappa shape index (κ2) is 3.62. The summed E-state index contributed by atoms with van der Waals surface area (Å²) in [6, 6.07) is 11.8. The molecular weight excluding hydrogens is 184 g/mol. The number of likely N-dealkylation sites (tertiary alicyclic amines) is 1. The minimum Gasteiger partial charge on any atom is -0.326 e. The molecule has 2 N–H and O–H groups in total. The van der Waals surface area contributed by atoms with Crippen molar-refractivity contribution in [1.82, 2.24) is 4.90 Å². The van der Waals surface area contributed by atoms with E-state index in [1.165, 1.54) is 24.9 Å². The highest BCUT2D eigenvalue weighted by Crippen LogP contribution is 2.37. The Labute approximate surface area is 91.1 Å². The van der Waals surface area contributed by atoms with Crippen molar-refractivity contribution in [2.24, 2.45) is 11.7 Å². The molecule has 0 unspecified atom stereocenters. The number of benzene rings is 1. The zero-order valence-corrected chi connectivity index (χ0v) is 8.97. The Balaban J connectivity index is 1.70. The van der Waals surface area contributed by atoms with Crippen LogP contribution in [0.5, 0.6) is 0 Å². The van der Waals surface area contributed by atoms with Gasteiger partial charge in [-0.3, -0.25) is 4.90 Å². The van der Waals surface area contributed by atoms with Crippen molar-refractivity contribution in [2.75, 3.05) is 6.54 Å². The molecular formula is C13H18N2. The van der Waals surface area contributed by atoms with E-state index in [0.29, 0.717) is 12.1 Å². The molecule has 1 aliphatic carbocycles. The number of hydrogen-bond acceptors (Lipinski definition) is 2. The summed E-state index contributed by atoms with van der Waals surface area (Å²) >= 11 is 0. The molecule has 1 saturated heterocycles. The quantitative estimate of drug-likeness (QED) is 0.789. The maximum absolute atomic E-state index is 6.12. The predicted octanol–water partition coefficient (Wildman–Crippen LogP) is 1.61. The van der Waals surface area contributed by atoms with Gasteiger partial charge in [0.15, 0.2) is 0 Å². The first-order valence-electron chi connectivity index (χ1n) is 5.86. The van der Waals surface area contributed by atoms with Crippen LogP contribution in [0, 0.1) is 5.92 Å². The first-order chi connectivity index (χ1) is 7.33. The predicted molar refractivity (Wildman–Crippen MR) is 61.3 cm³/mol. The Morgan fingerprint density at radius 2 is 2.00 bits per heavy atom. The largest absolute Gasteiger partial charge is 0.326 e. The summed E-state index contributed by atoms with van der Waals surface area (Å²) in [5.41, 5.74) is 7.54. The van der Waals surface area contributed by atoms with E-state index in [-0.39, 0.29) is 0 Å². The minimum absolute atomic E-state index is 0.424. The van der Waals surface area contributed by atoms with Gasteiger partial charge in [-0.15, -0.1) is 0 Å². The molecule has 2 aliphatic rings. The molecule has 2 heteroatoms. The SMILES string of the molecule is N[C@H]1C[C@@H]2C[C@H]1N(Cc1ccccc1)C2. The van der Waals surface area contributed by atoms with Crippen molar-refractivity contribution >= 4 is 0 Å². The lowest BCUT2D eigenvalue weighted by atomic mass is 10.1. The van der Waals surface area contributed by atoms with Gasteiger partial charge in [-0.1, -0.05) is 30.3 Å². The van der Waals surface area contributed by atoms with Gasteiger partial charge in [0, 0.05) is 25.2 Å². The number of nitrogens with two attached hydrogens (primary N) is 1. The summed E-state index contributed by atoms with van der Waals surface area (Å²) in [5.74, 6) is 0.869. The van der Waals surface area contributed by atoms with Gasteiger partial charge in [-0.25, -0.2) is 0 Å². The topological polar surface area (TPSA) is 29.3 Å². The van der Waals surface area contributed by atoms with Crippen LogP contribution < -0.4 is 5.73 Å². The van der Waals surface area contributed by atoms with E-state index in [1.807, 2.05) is 0 Å². The Morgan fingerprint density at radius 1 is 1.20 bits per heavy atom. The minimum atomic E-state index is 0.424. The van der Waals surface area contributed by atoms with Crippen LogP contribution in [0.3, 0.4) is 0 Å². The molecule has 0 aromatic heterocycles. The zero-order chi connectivity index (χ0) is 10.3. The van der Waals surface area contributed by atoms with Gasteiger partial charge in [-0.2, -0.15) is 0 Å². The molecule has 1 heterocycles. The first kappa shape index (κ1) is 9.37. The number of hydrogen-bond donors (Lipinski definition) is 1. The second-order valence-electron chi connectivity index (χ2n) is 4.98. The number of fused-ring (bicyclic) bond motifs is 2. The maximum atomic E-state index is 6.12. The Morgan fingerprint density at radius 3 is 2.67 bits per heavy atom. The van der Waals surface area contributed by atoms with Crippen molar-refractivity contribution in [3.8, 4) is 0 Å². The first-order valence-corrected chi connectivity index (χ1v) is 5.86. The molecule has 0 amide bonds. The summed E-state index contributed by atoms with van der Waals surface area (Å²) in [7, 11) is 0. The molecule has 15 heavy (non-hydrogen) atoms. The Bertz CT molecular complexity index is 336. The summed E-state index contributed by atoms with van der Waals surface area (Å²) in [6.07, 6.45) is 2.57. The molecule has 2 bridgehead atoms. The lowest BCUT2D eigenvalue weighted by Crippen LogP contribution is -2.44. The average Bonchev–Trinajstić information content (AvgIpc) is 2.77. The second-order valence-corrected chi connectivity index (χ2v) is 4.98. The fraction of sp³-hybridized carbons (Fsp3) is 0.538. The van der Waals surface area contributed by atoms with Gasteiger partial charge in [-0.05, 0) is 24.3 Å². The summed E-state index contributed by atoms with van der Waals surface area (Å²) in [5, 5.41) is 0. The third-order valence-electron chi connectivity index (χ3n) is 3.86. The lowest BCUT2D eigenvalue weighted by Gasteiger charge is -2.31. The van der Waals surface area contributed by atoms with Crippen LogP contribution >= 0.6 is 0 Å². The van der Waals surface area contributed by atoms with Crippen LogP contribution in [0.1, 0.15) is 18.4 Å². The van der Waals surface area contributed by atoms with Gasteiger partial charge in [0.05, 0.1) is 0 Å². The van der Waals surface area contributed by atoms with E-state index < -0.39 is 0 Å². The Kier molecular flexibility index (Phi) is 2.26. The van der Waals surface area contributed by atoms with Crippen molar-refractivity contribution < 1.29 is 0 Å². The van der Waals surface area contributed by atoms with Crippen molar-refractivity contribution in [3.63, 3.8) is 0 Å². The van der Waals surface area contributed by atoms with E-state index in [4.69, 9.17) is 5.73 Å². The normalized spacial score (nSPS) is 34.9. The smallest absolute Gasteiger partial charge is 0.0254 e. The fourth-order valence-electron chi connectivity index (χ4n) is 3.19. The van der Waals surface area contributed by atoms with Crippen molar-refractivity contribution in [3.05, 3.63) is 35.9 Å². The molecule has 2 fully saturated rings. The highest BCUT2D eigenvalue weighted by Gasteiger charge is 2.42. The van der Waals surface area contributed by atoms with Gasteiger partial charge < -0.3 is 5.73 Å². The monoisotopic (exact) mass is 202 g/mol. The molecule has 2 nitrogen and oxygen atoms in total. The number of piperidine rings is 1. The third-order valence-corrected chi connectivity index (χ3v) is 3.86. The number of nitrogens with zero attached hydrogens (tertiary/aromatic N) is 1. The number of rotatable bonds is 2. The molecule has 80 valence electrons. The van der Waals surface area contributed by atoms with Gasteiger partial charge >= 0.3 is 0 Å². The summed E-state index contributed by atoms with van der Waals surface area (Å²) in [4.78, 5) is 2.56. The van der Waals surface area contributed by atoms with Gasteiger partial charge in [0.2, 0.25) is 0 Å². The van der Waals surface area contributed by atoms with Crippen LogP contribution in [0.25, 0.3) is 0 Å². The van der Waals surface area contributed by atoms with Crippen LogP contribution in [0.4, 0.5) is 0 Å². The van der Waals surface area contributed by atoms with Crippen LogP contribution in [0.15, 0.2) is 30.3 Å². The molecule has 1 saturated carbocycles. The highest BCUT2D eigenvalue weighted by atomic mass is 15.2. The Hall–Kier alpha value is -0.860. The standard InChI is InChI=1S/C13H18N2/c14-12-6-11-7-13(12)15(9-11)8-10-4-2-1-3-5-10/h1-5,11-13H,6-9,14H2/t11-,12+,13-/m1/s1. The van der Waals surface area contributed by atoms with E-state index in [2.05, 4.69) is 35.2 Å². The summed E-state index contributed by atoms with van der Waals surface area (Å²) < 4.78 is 0. The highest BCUT2D eigenvalue weighted by molar-refractivity contribution is 5.15. The third kappa shape index (κ3) is 1.68. The molecule has 1 aromatic rings. The van der Waals surface area contributed by atoms with Crippen molar-refractivity contribution in [2.45, 2.75) is 31.5 Å². The molecule has 0 spiro atoms. The van der Waals surface area contributed by atoms with Crippen LogP contribution in [-0.2, 0) is 6.54 Å². The molecule has 1 aliphatic heterocycles. The van der Waals surface area contributed by atoms with Crippen LogP contribution in [-0.4, -0.2) is 23.5 Å². The molecule has 3 atom stereocenters. The summed E-state index contributed by atoms with van der Waals surface area (Å²) in [6.45, 7) is 2.34. The maximum Gasteiger partial charge on any atom is 0.0254 e. The molecule has 1 aromatic carbocycles. The zero-order valence-electron chi connectivity index (χ0n) is 8.97. The lowest BCUT2D eigenvalue weighted by molar-refractivity contribution is 0.185. The van der Waals surface area contributed by atoms with E-state index in [0.717, 1.165) is 12.5 Å². The van der Waals surface area contributed by atoms with E-state index in [9.17, 15) is 0 Å². The molecule has 0 radical (unpaired) electrons. The van der Waals surface area contributed by atoms with E-state index >= 15 is 0 Å². The van der Waals surface area contributed by atoms with Gasteiger partial charge in [0.1, 0.15) is 0 Å². The van der Waals surface area contributed by atoms with E-state index in [1.54, 1.807) is 0 Å². The van der Waals surface area contributed by atoms with Crippen LogP contribution in [0.2, 0.25) is 0 Å². The average molecular weight is 202 g/mol. The fourth-order valence-corrected chi connectivity index (χ4v) is 3.19. The molecule has 3 rings (SSSR count). The van der Waals surface area contributed by atoms with Crippen molar-refractivity contribution in [1.29, 1.82) is 0 Å².